The summed E-state index contributed by atoms with van der Waals surface area (Å²) >= 11 is 0. The standard InChI is InChI=1S/C15H20N2O4/c18-14(19)13-11-21-10-9-17(13)15(20)16-8-4-7-12-5-2-1-3-6-12/h1-3,5-6,13H,4,7-11H2,(H,16,20)(H,18,19). The monoisotopic (exact) mass is 292 g/mol. The molecular formula is C15H20N2O4. The summed E-state index contributed by atoms with van der Waals surface area (Å²) in [5, 5.41) is 11.9. The largest absolute Gasteiger partial charge is 0.480 e. The van der Waals surface area contributed by atoms with Crippen LogP contribution in [0.3, 0.4) is 0 Å². The van der Waals surface area contributed by atoms with Crippen molar-refractivity contribution in [1.29, 1.82) is 0 Å². The number of urea groups is 1. The first kappa shape index (κ1) is 15.3. The molecule has 1 aromatic rings. The molecule has 2 N–H and O–H groups in total. The van der Waals surface area contributed by atoms with Crippen LogP contribution >= 0.6 is 0 Å². The van der Waals surface area contributed by atoms with Gasteiger partial charge in [0.25, 0.3) is 0 Å². The predicted octanol–water partition coefficient (Wildman–Crippen LogP) is 1.11. The van der Waals surface area contributed by atoms with Gasteiger partial charge in [0.1, 0.15) is 0 Å². The second-order valence-corrected chi connectivity index (χ2v) is 4.94. The summed E-state index contributed by atoms with van der Waals surface area (Å²) in [7, 11) is 0. The Kier molecular flexibility index (Phi) is 5.57. The summed E-state index contributed by atoms with van der Waals surface area (Å²) < 4.78 is 5.10. The number of carbonyl (C=O) groups excluding carboxylic acids is 1. The van der Waals surface area contributed by atoms with Gasteiger partial charge in [-0.1, -0.05) is 30.3 Å². The van der Waals surface area contributed by atoms with Crippen LogP contribution in [0, 0.1) is 0 Å². The van der Waals surface area contributed by atoms with E-state index in [0.717, 1.165) is 12.8 Å². The fraction of sp³-hybridized carbons (Fsp3) is 0.467. The molecule has 1 fully saturated rings. The number of carboxylic acids is 1. The van der Waals surface area contributed by atoms with Crippen molar-refractivity contribution < 1.29 is 19.4 Å². The molecule has 2 amide bonds. The molecule has 1 aliphatic heterocycles. The Bertz CT molecular complexity index is 478. The van der Waals surface area contributed by atoms with E-state index in [4.69, 9.17) is 9.84 Å². The zero-order valence-electron chi connectivity index (χ0n) is 11.8. The van der Waals surface area contributed by atoms with Crippen LogP contribution in [-0.2, 0) is 16.0 Å². The second-order valence-electron chi connectivity index (χ2n) is 4.94. The fourth-order valence-corrected chi connectivity index (χ4v) is 2.29. The smallest absolute Gasteiger partial charge is 0.328 e. The Morgan fingerprint density at radius 2 is 2.10 bits per heavy atom. The van der Waals surface area contributed by atoms with Crippen LogP contribution < -0.4 is 5.32 Å². The molecule has 1 heterocycles. The third-order valence-corrected chi connectivity index (χ3v) is 3.44. The van der Waals surface area contributed by atoms with Gasteiger partial charge in [-0.15, -0.1) is 0 Å². The number of rotatable bonds is 5. The van der Waals surface area contributed by atoms with E-state index in [9.17, 15) is 9.59 Å². The third kappa shape index (κ3) is 4.46. The Morgan fingerprint density at radius 3 is 2.81 bits per heavy atom. The molecule has 1 aliphatic rings. The SMILES string of the molecule is O=C(O)C1COCCN1C(=O)NCCCc1ccccc1. The van der Waals surface area contributed by atoms with Gasteiger partial charge in [0.05, 0.1) is 13.2 Å². The number of morpholine rings is 1. The summed E-state index contributed by atoms with van der Waals surface area (Å²) in [6.45, 7) is 1.26. The average molecular weight is 292 g/mol. The van der Waals surface area contributed by atoms with Crippen molar-refractivity contribution in [2.75, 3.05) is 26.3 Å². The molecule has 0 radical (unpaired) electrons. The number of ether oxygens (including phenoxy) is 1. The number of nitrogens with one attached hydrogen (secondary N) is 1. The first-order valence-corrected chi connectivity index (χ1v) is 7.07. The second kappa shape index (κ2) is 7.64. The molecule has 1 aromatic carbocycles. The molecular weight excluding hydrogens is 272 g/mol. The summed E-state index contributed by atoms with van der Waals surface area (Å²) in [5.41, 5.74) is 1.22. The highest BCUT2D eigenvalue weighted by Gasteiger charge is 2.32. The number of amides is 2. The maximum atomic E-state index is 12.0. The van der Waals surface area contributed by atoms with Gasteiger partial charge in [0.15, 0.2) is 6.04 Å². The normalized spacial score (nSPS) is 18.3. The lowest BCUT2D eigenvalue weighted by Gasteiger charge is -2.32. The number of aryl methyl sites for hydroxylation is 1. The Balaban J connectivity index is 1.74. The molecule has 114 valence electrons. The highest BCUT2D eigenvalue weighted by molar-refractivity contribution is 5.82. The number of benzene rings is 1. The maximum absolute atomic E-state index is 12.0. The molecule has 0 saturated carbocycles. The Hall–Kier alpha value is -2.08. The Morgan fingerprint density at radius 1 is 1.33 bits per heavy atom. The number of nitrogens with zero attached hydrogens (tertiary/aromatic N) is 1. The van der Waals surface area contributed by atoms with Gasteiger partial charge in [-0.05, 0) is 18.4 Å². The summed E-state index contributed by atoms with van der Waals surface area (Å²) in [4.78, 5) is 24.4. The summed E-state index contributed by atoms with van der Waals surface area (Å²) in [5.74, 6) is -1.03. The van der Waals surface area contributed by atoms with E-state index in [2.05, 4.69) is 5.32 Å². The minimum absolute atomic E-state index is 0.0484. The fourth-order valence-electron chi connectivity index (χ4n) is 2.29. The van der Waals surface area contributed by atoms with Crippen LogP contribution in [-0.4, -0.2) is 54.4 Å². The number of carbonyl (C=O) groups is 2. The van der Waals surface area contributed by atoms with Gasteiger partial charge in [-0.3, -0.25) is 0 Å². The van der Waals surface area contributed by atoms with Crippen LogP contribution in [0.2, 0.25) is 0 Å². The molecule has 1 unspecified atom stereocenters. The molecule has 0 aromatic heterocycles. The van der Waals surface area contributed by atoms with Gasteiger partial charge < -0.3 is 20.1 Å². The maximum Gasteiger partial charge on any atom is 0.328 e. The van der Waals surface area contributed by atoms with Crippen molar-refractivity contribution in [1.82, 2.24) is 10.2 Å². The average Bonchev–Trinajstić information content (AvgIpc) is 2.52. The lowest BCUT2D eigenvalue weighted by Crippen LogP contribution is -2.55. The minimum atomic E-state index is -1.03. The van der Waals surface area contributed by atoms with Crippen molar-refractivity contribution in [3.05, 3.63) is 35.9 Å². The number of hydrogen-bond donors (Lipinski definition) is 2. The van der Waals surface area contributed by atoms with Crippen molar-refractivity contribution in [3.8, 4) is 0 Å². The molecule has 1 atom stereocenters. The van der Waals surface area contributed by atoms with Crippen molar-refractivity contribution in [2.45, 2.75) is 18.9 Å². The first-order chi connectivity index (χ1) is 10.2. The predicted molar refractivity (Wildman–Crippen MR) is 77.1 cm³/mol. The topological polar surface area (TPSA) is 78.9 Å². The Labute approximate surface area is 123 Å². The van der Waals surface area contributed by atoms with Gasteiger partial charge in [-0.2, -0.15) is 0 Å². The van der Waals surface area contributed by atoms with E-state index in [-0.39, 0.29) is 12.6 Å². The van der Waals surface area contributed by atoms with Gasteiger partial charge in [-0.25, -0.2) is 9.59 Å². The molecule has 0 aliphatic carbocycles. The van der Waals surface area contributed by atoms with Crippen LogP contribution in [0.4, 0.5) is 4.79 Å². The summed E-state index contributed by atoms with van der Waals surface area (Å²) in [6.07, 6.45) is 1.70. The molecule has 0 bridgehead atoms. The minimum Gasteiger partial charge on any atom is -0.480 e. The third-order valence-electron chi connectivity index (χ3n) is 3.44. The molecule has 2 rings (SSSR count). The first-order valence-electron chi connectivity index (χ1n) is 7.07. The zero-order chi connectivity index (χ0) is 15.1. The van der Waals surface area contributed by atoms with Crippen molar-refractivity contribution in [3.63, 3.8) is 0 Å². The molecule has 0 spiro atoms. The highest BCUT2D eigenvalue weighted by Crippen LogP contribution is 2.07. The van der Waals surface area contributed by atoms with E-state index in [0.29, 0.717) is 19.7 Å². The number of hydrogen-bond acceptors (Lipinski definition) is 3. The summed E-state index contributed by atoms with van der Waals surface area (Å²) in [6, 6.07) is 8.80. The van der Waals surface area contributed by atoms with E-state index >= 15 is 0 Å². The van der Waals surface area contributed by atoms with Crippen molar-refractivity contribution >= 4 is 12.0 Å². The van der Waals surface area contributed by atoms with Gasteiger partial charge >= 0.3 is 12.0 Å². The lowest BCUT2D eigenvalue weighted by atomic mass is 10.1. The molecule has 21 heavy (non-hydrogen) atoms. The molecule has 6 heteroatoms. The van der Waals surface area contributed by atoms with Gasteiger partial charge in [0.2, 0.25) is 0 Å². The van der Waals surface area contributed by atoms with E-state index in [1.165, 1.54) is 10.5 Å². The number of aliphatic carboxylic acids is 1. The van der Waals surface area contributed by atoms with Crippen LogP contribution in [0.15, 0.2) is 30.3 Å². The molecule has 6 nitrogen and oxygen atoms in total. The van der Waals surface area contributed by atoms with Gasteiger partial charge in [0, 0.05) is 13.1 Å². The van der Waals surface area contributed by atoms with Crippen molar-refractivity contribution in [2.24, 2.45) is 0 Å². The van der Waals surface area contributed by atoms with E-state index in [1.54, 1.807) is 0 Å². The lowest BCUT2D eigenvalue weighted by molar-refractivity contribution is -0.147. The number of carboxylic acid groups (broad SMARTS) is 1. The van der Waals surface area contributed by atoms with E-state index in [1.807, 2.05) is 30.3 Å². The zero-order valence-corrected chi connectivity index (χ0v) is 11.8. The molecule has 1 saturated heterocycles. The quantitative estimate of drug-likeness (QED) is 0.797. The van der Waals surface area contributed by atoms with E-state index < -0.39 is 12.0 Å². The van der Waals surface area contributed by atoms with Crippen LogP contribution in [0.5, 0.6) is 0 Å². The van der Waals surface area contributed by atoms with Crippen LogP contribution in [0.1, 0.15) is 12.0 Å². The highest BCUT2D eigenvalue weighted by atomic mass is 16.5. The van der Waals surface area contributed by atoms with Crippen LogP contribution in [0.25, 0.3) is 0 Å².